The molecule has 1 unspecified atom stereocenters. The molecule has 1 saturated heterocycles. The van der Waals surface area contributed by atoms with E-state index in [1.54, 1.807) is 0 Å². The Hall–Kier alpha value is -1.51. The highest BCUT2D eigenvalue weighted by Gasteiger charge is 2.22. The molecule has 0 spiro atoms. The molecule has 20 heavy (non-hydrogen) atoms. The fraction of sp³-hybridized carbons (Fsp3) is 0.750. The van der Waals surface area contributed by atoms with Gasteiger partial charge in [-0.1, -0.05) is 18.9 Å². The molecule has 1 atom stereocenters. The molecule has 2 N–H and O–H groups in total. The molecule has 1 fully saturated rings. The molecule has 8 nitrogen and oxygen atoms in total. The monoisotopic (exact) mass is 284 g/mol. The number of ether oxygens (including phenoxy) is 1. The van der Waals surface area contributed by atoms with Gasteiger partial charge >= 0.3 is 6.01 Å². The van der Waals surface area contributed by atoms with Gasteiger partial charge in [0.25, 0.3) is 0 Å². The summed E-state index contributed by atoms with van der Waals surface area (Å²) >= 11 is 0. The Bertz CT molecular complexity index is 448. The summed E-state index contributed by atoms with van der Waals surface area (Å²) in [7, 11) is 0. The molecule has 2 heterocycles. The van der Waals surface area contributed by atoms with Gasteiger partial charge < -0.3 is 14.3 Å². The zero-order valence-corrected chi connectivity index (χ0v) is 11.7. The van der Waals surface area contributed by atoms with Crippen molar-refractivity contribution in [2.24, 2.45) is 0 Å². The minimum Gasteiger partial charge on any atom is -0.408 e. The van der Waals surface area contributed by atoms with Gasteiger partial charge in [-0.15, -0.1) is 5.10 Å². The molecule has 0 aromatic carbocycles. The maximum atomic E-state index is 11.9. The van der Waals surface area contributed by atoms with Gasteiger partial charge in [-0.3, -0.25) is 15.0 Å². The number of morpholine rings is 1. The lowest BCUT2D eigenvalue weighted by Crippen LogP contribution is -2.46. The topological polar surface area (TPSA) is 101 Å². The van der Waals surface area contributed by atoms with Crippen molar-refractivity contribution in [1.82, 2.24) is 15.1 Å². The van der Waals surface area contributed by atoms with Gasteiger partial charge in [0, 0.05) is 19.0 Å². The number of carbonyl (C=O) groups is 1. The second-order valence-corrected chi connectivity index (χ2v) is 5.06. The standard InChI is InChI=1S/C12H20N4O4/c1-8(2)11-14-15-12(20-11)13-10(18)6-16-3-4-19-9(5-16)7-17/h8-9,17H,3-7H2,1-2H3,(H,13,15,18). The first-order valence-electron chi connectivity index (χ1n) is 6.66. The summed E-state index contributed by atoms with van der Waals surface area (Å²) in [6.45, 7) is 5.73. The van der Waals surface area contributed by atoms with Crippen molar-refractivity contribution in [3.63, 3.8) is 0 Å². The molecule has 8 heteroatoms. The molecule has 1 aromatic heterocycles. The summed E-state index contributed by atoms with van der Waals surface area (Å²) in [5.74, 6) is 0.396. The maximum absolute atomic E-state index is 11.9. The summed E-state index contributed by atoms with van der Waals surface area (Å²) in [5.41, 5.74) is 0. The predicted molar refractivity (Wildman–Crippen MR) is 70.3 cm³/mol. The number of hydrogen-bond donors (Lipinski definition) is 2. The van der Waals surface area contributed by atoms with E-state index in [-0.39, 0.29) is 37.1 Å². The Balaban J connectivity index is 1.82. The Kier molecular flexibility index (Phi) is 5.05. The van der Waals surface area contributed by atoms with Crippen molar-refractivity contribution in [2.45, 2.75) is 25.9 Å². The number of hydrogen-bond acceptors (Lipinski definition) is 7. The van der Waals surface area contributed by atoms with Crippen LogP contribution in [0.5, 0.6) is 0 Å². The minimum absolute atomic E-state index is 0.0421. The van der Waals surface area contributed by atoms with Gasteiger partial charge in [0.1, 0.15) is 0 Å². The number of aliphatic hydroxyl groups is 1. The lowest BCUT2D eigenvalue weighted by molar-refractivity contribution is -0.120. The minimum atomic E-state index is -0.229. The van der Waals surface area contributed by atoms with E-state index in [2.05, 4.69) is 15.5 Å². The summed E-state index contributed by atoms with van der Waals surface area (Å²) < 4.78 is 10.6. The van der Waals surface area contributed by atoms with Crippen LogP contribution in [0.4, 0.5) is 6.01 Å². The van der Waals surface area contributed by atoms with E-state index in [1.165, 1.54) is 0 Å². The molecule has 1 aliphatic rings. The van der Waals surface area contributed by atoms with Crippen LogP contribution in [0.1, 0.15) is 25.7 Å². The lowest BCUT2D eigenvalue weighted by atomic mass is 10.2. The van der Waals surface area contributed by atoms with E-state index in [1.807, 2.05) is 18.7 Å². The number of anilines is 1. The van der Waals surface area contributed by atoms with E-state index in [9.17, 15) is 4.79 Å². The summed E-state index contributed by atoms with van der Waals surface area (Å²) in [5, 5.41) is 19.2. The fourth-order valence-corrected chi connectivity index (χ4v) is 1.91. The van der Waals surface area contributed by atoms with E-state index < -0.39 is 0 Å². The first-order valence-corrected chi connectivity index (χ1v) is 6.66. The van der Waals surface area contributed by atoms with Gasteiger partial charge in [-0.2, -0.15) is 0 Å². The quantitative estimate of drug-likeness (QED) is 0.773. The molecule has 0 saturated carbocycles. The van der Waals surface area contributed by atoms with Crippen LogP contribution in [0.2, 0.25) is 0 Å². The average Bonchev–Trinajstić information content (AvgIpc) is 2.87. The van der Waals surface area contributed by atoms with Crippen molar-refractivity contribution >= 4 is 11.9 Å². The van der Waals surface area contributed by atoms with Crippen LogP contribution >= 0.6 is 0 Å². The van der Waals surface area contributed by atoms with Crippen LogP contribution in [0.25, 0.3) is 0 Å². The molecule has 1 aliphatic heterocycles. The van der Waals surface area contributed by atoms with E-state index in [0.29, 0.717) is 25.6 Å². The number of carbonyl (C=O) groups excluding carboxylic acids is 1. The highest BCUT2D eigenvalue weighted by Crippen LogP contribution is 2.14. The number of aliphatic hydroxyl groups excluding tert-OH is 1. The van der Waals surface area contributed by atoms with Crippen molar-refractivity contribution in [2.75, 3.05) is 38.2 Å². The van der Waals surface area contributed by atoms with Crippen molar-refractivity contribution in [1.29, 1.82) is 0 Å². The molecule has 1 amide bonds. The third-order valence-corrected chi connectivity index (χ3v) is 2.97. The summed E-state index contributed by atoms with van der Waals surface area (Å²) in [6, 6.07) is 0.116. The Morgan fingerprint density at radius 1 is 1.55 bits per heavy atom. The fourth-order valence-electron chi connectivity index (χ4n) is 1.91. The number of aromatic nitrogens is 2. The van der Waals surface area contributed by atoms with Gasteiger partial charge in [0.2, 0.25) is 11.8 Å². The first-order chi connectivity index (χ1) is 9.58. The number of amides is 1. The van der Waals surface area contributed by atoms with Crippen LogP contribution in [-0.4, -0.2) is 65.1 Å². The average molecular weight is 284 g/mol. The van der Waals surface area contributed by atoms with Crippen molar-refractivity contribution < 1.29 is 19.1 Å². The largest absolute Gasteiger partial charge is 0.408 e. The van der Waals surface area contributed by atoms with Crippen molar-refractivity contribution in [3.8, 4) is 0 Å². The summed E-state index contributed by atoms with van der Waals surface area (Å²) in [4.78, 5) is 13.8. The van der Waals surface area contributed by atoms with Gasteiger partial charge in [0.05, 0.1) is 25.9 Å². The van der Waals surface area contributed by atoms with Crippen molar-refractivity contribution in [3.05, 3.63) is 5.89 Å². The molecule has 0 radical (unpaired) electrons. The normalized spacial score (nSPS) is 20.3. The SMILES string of the molecule is CC(C)c1nnc(NC(=O)CN2CCOC(CO)C2)o1. The lowest BCUT2D eigenvalue weighted by Gasteiger charge is -2.31. The second kappa shape index (κ2) is 6.78. The number of nitrogens with zero attached hydrogens (tertiary/aromatic N) is 3. The third-order valence-electron chi connectivity index (χ3n) is 2.97. The molecule has 0 bridgehead atoms. The smallest absolute Gasteiger partial charge is 0.322 e. The highest BCUT2D eigenvalue weighted by atomic mass is 16.5. The zero-order valence-electron chi connectivity index (χ0n) is 11.7. The second-order valence-electron chi connectivity index (χ2n) is 5.06. The summed E-state index contributed by atoms with van der Waals surface area (Å²) in [6.07, 6.45) is -0.229. The van der Waals surface area contributed by atoms with Crippen LogP contribution in [0, 0.1) is 0 Å². The Morgan fingerprint density at radius 2 is 2.35 bits per heavy atom. The maximum Gasteiger partial charge on any atom is 0.322 e. The molecule has 0 aliphatic carbocycles. The number of nitrogens with one attached hydrogen (secondary N) is 1. The zero-order chi connectivity index (χ0) is 14.5. The highest BCUT2D eigenvalue weighted by molar-refractivity contribution is 5.90. The molecule has 112 valence electrons. The molecule has 2 rings (SSSR count). The molecular weight excluding hydrogens is 264 g/mol. The Labute approximate surface area is 117 Å². The molecular formula is C12H20N4O4. The van der Waals surface area contributed by atoms with Crippen LogP contribution < -0.4 is 5.32 Å². The predicted octanol–water partition coefficient (Wildman–Crippen LogP) is -0.175. The third kappa shape index (κ3) is 3.99. The van der Waals surface area contributed by atoms with Crippen LogP contribution in [0.3, 0.4) is 0 Å². The van der Waals surface area contributed by atoms with E-state index in [0.717, 1.165) is 0 Å². The first kappa shape index (κ1) is 14.9. The van der Waals surface area contributed by atoms with E-state index >= 15 is 0 Å². The van der Waals surface area contributed by atoms with Gasteiger partial charge in [-0.05, 0) is 0 Å². The van der Waals surface area contributed by atoms with E-state index in [4.69, 9.17) is 14.3 Å². The Morgan fingerprint density at radius 3 is 3.00 bits per heavy atom. The van der Waals surface area contributed by atoms with Crippen LogP contribution in [-0.2, 0) is 9.53 Å². The number of rotatable bonds is 5. The van der Waals surface area contributed by atoms with Gasteiger partial charge in [-0.25, -0.2) is 0 Å². The van der Waals surface area contributed by atoms with Gasteiger partial charge in [0.15, 0.2) is 0 Å². The van der Waals surface area contributed by atoms with Crippen LogP contribution in [0.15, 0.2) is 4.42 Å². The molecule has 1 aromatic rings.